The largest absolute Gasteiger partial charge is 0.384 e. The van der Waals surface area contributed by atoms with Gasteiger partial charge in [-0.25, -0.2) is 4.98 Å². The van der Waals surface area contributed by atoms with Gasteiger partial charge in [-0.3, -0.25) is 4.79 Å². The summed E-state index contributed by atoms with van der Waals surface area (Å²) in [7, 11) is 0. The normalized spacial score (nSPS) is 20.7. The number of thiazole rings is 1. The maximum absolute atomic E-state index is 12.2. The van der Waals surface area contributed by atoms with Crippen LogP contribution in [0.4, 0.5) is 0 Å². The first-order valence-electron chi connectivity index (χ1n) is 7.16. The zero-order valence-corrected chi connectivity index (χ0v) is 13.9. The van der Waals surface area contributed by atoms with Crippen molar-refractivity contribution in [1.82, 2.24) is 10.3 Å². The fourth-order valence-electron chi connectivity index (χ4n) is 2.33. The van der Waals surface area contributed by atoms with Crippen molar-refractivity contribution in [1.29, 1.82) is 0 Å². The van der Waals surface area contributed by atoms with Gasteiger partial charge in [-0.05, 0) is 42.2 Å². The van der Waals surface area contributed by atoms with Gasteiger partial charge in [0, 0.05) is 12.0 Å². The van der Waals surface area contributed by atoms with Gasteiger partial charge in [0.15, 0.2) is 0 Å². The average molecular weight is 338 g/mol. The lowest BCUT2D eigenvalue weighted by molar-refractivity contribution is 0.0528. The summed E-state index contributed by atoms with van der Waals surface area (Å²) in [5.74, 6) is -0.268. The van der Waals surface area contributed by atoms with Crippen molar-refractivity contribution in [3.8, 4) is 0 Å². The van der Waals surface area contributed by atoms with E-state index in [0.717, 1.165) is 30.0 Å². The van der Waals surface area contributed by atoms with E-state index in [1.807, 2.05) is 16.8 Å². The molecule has 2 N–H and O–H groups in total. The van der Waals surface area contributed by atoms with E-state index in [9.17, 15) is 9.90 Å². The van der Waals surface area contributed by atoms with Crippen LogP contribution in [0.15, 0.2) is 22.2 Å². The number of hydrogen-bond acceptors (Lipinski definition) is 6. The minimum atomic E-state index is -1.08. The fraction of sp³-hybridized carbons (Fsp3) is 0.467. The average Bonchev–Trinajstić information content (AvgIpc) is 3.26. The van der Waals surface area contributed by atoms with Gasteiger partial charge in [0.2, 0.25) is 0 Å². The summed E-state index contributed by atoms with van der Waals surface area (Å²) in [5, 5.41) is 19.5. The zero-order valence-electron chi connectivity index (χ0n) is 12.2. The van der Waals surface area contributed by atoms with E-state index in [0.29, 0.717) is 5.69 Å². The molecule has 0 aliphatic carbocycles. The third kappa shape index (κ3) is 3.38. The summed E-state index contributed by atoms with van der Waals surface area (Å²) in [6, 6.07) is 1.86. The van der Waals surface area contributed by atoms with Crippen LogP contribution in [0.5, 0.6) is 0 Å². The second kappa shape index (κ2) is 6.45. The molecule has 2 atom stereocenters. The number of carbonyl (C=O) groups is 1. The van der Waals surface area contributed by atoms with Crippen molar-refractivity contribution in [2.75, 3.05) is 13.2 Å². The molecule has 5 nitrogen and oxygen atoms in total. The molecule has 1 saturated heterocycles. The number of rotatable bonds is 5. The second-order valence-electron chi connectivity index (χ2n) is 5.54. The molecule has 3 rings (SSSR count). The summed E-state index contributed by atoms with van der Waals surface area (Å²) in [6.07, 6.45) is 2.02. The van der Waals surface area contributed by atoms with Crippen LogP contribution in [0.3, 0.4) is 0 Å². The fourth-order valence-corrected chi connectivity index (χ4v) is 3.99. The second-order valence-corrected chi connectivity index (χ2v) is 7.21. The molecule has 1 aliphatic rings. The van der Waals surface area contributed by atoms with Gasteiger partial charge in [0.25, 0.3) is 5.91 Å². The van der Waals surface area contributed by atoms with E-state index in [-0.39, 0.29) is 18.6 Å². The number of ether oxygens (including phenoxy) is 1. The molecule has 0 bridgehead atoms. The highest BCUT2D eigenvalue weighted by molar-refractivity contribution is 7.10. The van der Waals surface area contributed by atoms with E-state index in [4.69, 9.17) is 4.74 Å². The Bertz CT molecular complexity index is 631. The predicted molar refractivity (Wildman–Crippen MR) is 86.3 cm³/mol. The van der Waals surface area contributed by atoms with Gasteiger partial charge in [0.05, 0.1) is 6.54 Å². The van der Waals surface area contributed by atoms with E-state index in [1.54, 1.807) is 12.3 Å². The van der Waals surface area contributed by atoms with E-state index >= 15 is 0 Å². The molecule has 2 aromatic rings. The van der Waals surface area contributed by atoms with Crippen molar-refractivity contribution in [2.24, 2.45) is 0 Å². The van der Waals surface area contributed by atoms with Crippen molar-refractivity contribution < 1.29 is 14.6 Å². The number of aliphatic hydroxyl groups is 1. The highest BCUT2D eigenvalue weighted by Gasteiger charge is 2.26. The van der Waals surface area contributed by atoms with Crippen molar-refractivity contribution in [3.63, 3.8) is 0 Å². The summed E-state index contributed by atoms with van der Waals surface area (Å²) < 4.78 is 5.57. The Morgan fingerprint density at radius 3 is 3.14 bits per heavy atom. The van der Waals surface area contributed by atoms with Crippen LogP contribution in [0, 0.1) is 0 Å². The topological polar surface area (TPSA) is 71.5 Å². The van der Waals surface area contributed by atoms with Crippen molar-refractivity contribution in [2.45, 2.75) is 31.5 Å². The Kier molecular flexibility index (Phi) is 4.58. The molecule has 118 valence electrons. The van der Waals surface area contributed by atoms with E-state index < -0.39 is 5.60 Å². The van der Waals surface area contributed by atoms with Gasteiger partial charge >= 0.3 is 0 Å². The number of thiophene rings is 1. The summed E-state index contributed by atoms with van der Waals surface area (Å²) in [5.41, 5.74) is 0.107. The minimum absolute atomic E-state index is 0.0282. The van der Waals surface area contributed by atoms with Crippen molar-refractivity contribution in [3.05, 3.63) is 38.5 Å². The Morgan fingerprint density at radius 1 is 1.59 bits per heavy atom. The van der Waals surface area contributed by atoms with Crippen LogP contribution < -0.4 is 5.32 Å². The molecular formula is C15H18N2O3S2. The monoisotopic (exact) mass is 338 g/mol. The predicted octanol–water partition coefficient (Wildman–Crippen LogP) is 2.69. The molecule has 2 unspecified atom stereocenters. The Hall–Kier alpha value is -1.28. The molecule has 0 saturated carbocycles. The lowest BCUT2D eigenvalue weighted by atomic mass is 9.99. The first-order chi connectivity index (χ1) is 10.6. The standard InChI is InChI=1S/C15H18N2O3S2/c1-15(19,10-4-6-21-7-10)9-16-13(18)11-8-22-14(17-11)12-3-2-5-20-12/h4,6-8,12,19H,2-3,5,9H2,1H3,(H,16,18). The molecule has 0 aromatic carbocycles. The number of nitrogens with zero attached hydrogens (tertiary/aromatic N) is 1. The van der Waals surface area contributed by atoms with Gasteiger partial charge in [-0.1, -0.05) is 0 Å². The molecule has 2 aromatic heterocycles. The SMILES string of the molecule is CC(O)(CNC(=O)c1csc(C2CCCO2)n1)c1ccsc1. The maximum atomic E-state index is 12.2. The Balaban J connectivity index is 1.60. The lowest BCUT2D eigenvalue weighted by Crippen LogP contribution is -2.38. The van der Waals surface area contributed by atoms with Crippen LogP contribution in [0.1, 0.15) is 46.9 Å². The molecule has 1 aliphatic heterocycles. The summed E-state index contributed by atoms with van der Waals surface area (Å²) in [4.78, 5) is 16.5. The minimum Gasteiger partial charge on any atom is -0.384 e. The zero-order chi connectivity index (χ0) is 15.6. The molecule has 0 spiro atoms. The molecule has 1 amide bonds. The number of hydrogen-bond donors (Lipinski definition) is 2. The molecule has 1 fully saturated rings. The third-order valence-corrected chi connectivity index (χ3v) is 5.32. The van der Waals surface area contributed by atoms with Crippen LogP contribution in [-0.4, -0.2) is 29.1 Å². The number of nitrogens with one attached hydrogen (secondary N) is 1. The lowest BCUT2D eigenvalue weighted by Gasteiger charge is -2.22. The smallest absolute Gasteiger partial charge is 0.270 e. The first kappa shape index (κ1) is 15.6. The highest BCUT2D eigenvalue weighted by atomic mass is 32.1. The van der Waals surface area contributed by atoms with Gasteiger partial charge in [0.1, 0.15) is 22.4 Å². The number of carbonyl (C=O) groups excluding carboxylic acids is 1. The van der Waals surface area contributed by atoms with Crippen LogP contribution in [0.25, 0.3) is 0 Å². The van der Waals surface area contributed by atoms with Gasteiger partial charge in [-0.15, -0.1) is 11.3 Å². The quantitative estimate of drug-likeness (QED) is 0.879. The van der Waals surface area contributed by atoms with E-state index in [1.165, 1.54) is 22.7 Å². The summed E-state index contributed by atoms with van der Waals surface area (Å²) >= 11 is 2.97. The van der Waals surface area contributed by atoms with Gasteiger partial charge in [-0.2, -0.15) is 11.3 Å². The summed E-state index contributed by atoms with van der Waals surface area (Å²) in [6.45, 7) is 2.60. The Labute approximate surface area is 137 Å². The number of aromatic nitrogens is 1. The van der Waals surface area contributed by atoms with E-state index in [2.05, 4.69) is 10.3 Å². The highest BCUT2D eigenvalue weighted by Crippen LogP contribution is 2.30. The molecule has 0 radical (unpaired) electrons. The van der Waals surface area contributed by atoms with Crippen LogP contribution >= 0.6 is 22.7 Å². The van der Waals surface area contributed by atoms with Crippen LogP contribution in [0.2, 0.25) is 0 Å². The third-order valence-electron chi connectivity index (χ3n) is 3.70. The Morgan fingerprint density at radius 2 is 2.45 bits per heavy atom. The molecule has 3 heterocycles. The molecule has 22 heavy (non-hydrogen) atoms. The number of amides is 1. The molecular weight excluding hydrogens is 320 g/mol. The van der Waals surface area contributed by atoms with Gasteiger partial charge < -0.3 is 15.2 Å². The maximum Gasteiger partial charge on any atom is 0.270 e. The first-order valence-corrected chi connectivity index (χ1v) is 8.99. The van der Waals surface area contributed by atoms with Crippen molar-refractivity contribution >= 4 is 28.6 Å². The van der Waals surface area contributed by atoms with Crippen LogP contribution in [-0.2, 0) is 10.3 Å². The molecule has 7 heteroatoms.